The molecule has 3 nitrogen and oxygen atoms in total. The lowest BCUT2D eigenvalue weighted by molar-refractivity contribution is 0.609. The van der Waals surface area contributed by atoms with Crippen molar-refractivity contribution in [3.05, 3.63) is 82.6 Å². The minimum atomic E-state index is -0.314. The Balaban J connectivity index is 1.86. The molecule has 0 aliphatic carbocycles. The number of halogens is 2. The highest BCUT2D eigenvalue weighted by atomic mass is 35.5. The maximum atomic E-state index is 13.9. The Labute approximate surface area is 133 Å². The summed E-state index contributed by atoms with van der Waals surface area (Å²) in [5, 5.41) is 0.415. The number of anilines is 1. The zero-order valence-corrected chi connectivity index (χ0v) is 12.6. The predicted octanol–water partition coefficient (Wildman–Crippen LogP) is 3.90. The van der Waals surface area contributed by atoms with Crippen molar-refractivity contribution in [2.75, 3.05) is 5.73 Å². The van der Waals surface area contributed by atoms with E-state index in [1.165, 1.54) is 6.07 Å². The third-order valence-corrected chi connectivity index (χ3v) is 3.86. The molecule has 0 aliphatic rings. The van der Waals surface area contributed by atoms with Gasteiger partial charge in [-0.2, -0.15) is 0 Å². The first kappa shape index (κ1) is 14.6. The van der Waals surface area contributed by atoms with E-state index in [2.05, 4.69) is 4.98 Å². The summed E-state index contributed by atoms with van der Waals surface area (Å²) in [6.45, 7) is 0.631. The molecule has 2 aromatic carbocycles. The predicted molar refractivity (Wildman–Crippen MR) is 86.4 cm³/mol. The van der Waals surface area contributed by atoms with Crippen LogP contribution < -0.4 is 5.73 Å². The first-order chi connectivity index (χ1) is 10.6. The Morgan fingerprint density at radius 1 is 1.18 bits per heavy atom. The van der Waals surface area contributed by atoms with E-state index in [0.717, 1.165) is 17.1 Å². The fourth-order valence-corrected chi connectivity index (χ4v) is 2.63. The van der Waals surface area contributed by atoms with Crippen molar-refractivity contribution in [3.8, 4) is 0 Å². The van der Waals surface area contributed by atoms with Crippen LogP contribution in [0.2, 0.25) is 5.02 Å². The van der Waals surface area contributed by atoms with Crippen LogP contribution in [0.5, 0.6) is 0 Å². The summed E-state index contributed by atoms with van der Waals surface area (Å²) in [5.74, 6) is 0.445. The largest absolute Gasteiger partial charge is 0.399 e. The topological polar surface area (TPSA) is 43.8 Å². The Bertz CT molecular complexity index is 778. The summed E-state index contributed by atoms with van der Waals surface area (Å²) in [4.78, 5) is 4.32. The number of nitrogen functional groups attached to an aromatic ring is 1. The molecule has 3 rings (SSSR count). The lowest BCUT2D eigenvalue weighted by Gasteiger charge is -2.10. The molecular weight excluding hydrogens is 301 g/mol. The first-order valence-electron chi connectivity index (χ1n) is 6.91. The van der Waals surface area contributed by atoms with Gasteiger partial charge in [-0.15, -0.1) is 0 Å². The molecule has 2 N–H and O–H groups in total. The van der Waals surface area contributed by atoms with Crippen molar-refractivity contribution < 1.29 is 4.39 Å². The average Bonchev–Trinajstić information content (AvgIpc) is 2.90. The Kier molecular flexibility index (Phi) is 4.11. The number of benzene rings is 2. The van der Waals surface area contributed by atoms with Crippen LogP contribution >= 0.6 is 11.6 Å². The number of nitrogens with two attached hydrogens (primary N) is 1. The van der Waals surface area contributed by atoms with E-state index in [4.69, 9.17) is 17.3 Å². The second kappa shape index (κ2) is 6.20. The zero-order valence-electron chi connectivity index (χ0n) is 11.8. The fourth-order valence-electron chi connectivity index (χ4n) is 2.40. The summed E-state index contributed by atoms with van der Waals surface area (Å²) in [5.41, 5.74) is 8.05. The molecule has 1 aromatic heterocycles. The van der Waals surface area contributed by atoms with Gasteiger partial charge in [0, 0.05) is 41.6 Å². The molecular formula is C17H15ClFN3. The standard InChI is InChI=1S/C17H15ClFN3/c18-15-5-2-6-16(19)14(15)10-17-21-7-8-22(17)11-12-3-1-4-13(20)9-12/h1-9H,10-11,20H2. The second-order valence-electron chi connectivity index (χ2n) is 5.09. The number of nitrogens with zero attached hydrogens (tertiary/aromatic N) is 2. The molecule has 0 fully saturated rings. The Morgan fingerprint density at radius 2 is 2.00 bits per heavy atom. The summed E-state index contributed by atoms with van der Waals surface area (Å²) in [6, 6.07) is 12.4. The Hall–Kier alpha value is -2.33. The first-order valence-corrected chi connectivity index (χ1v) is 7.28. The minimum Gasteiger partial charge on any atom is -0.399 e. The van der Waals surface area contributed by atoms with Crippen molar-refractivity contribution in [2.24, 2.45) is 0 Å². The van der Waals surface area contributed by atoms with Crippen molar-refractivity contribution in [1.29, 1.82) is 0 Å². The van der Waals surface area contributed by atoms with Crippen LogP contribution in [-0.2, 0) is 13.0 Å². The van der Waals surface area contributed by atoms with Crippen molar-refractivity contribution in [3.63, 3.8) is 0 Å². The van der Waals surface area contributed by atoms with Crippen LogP contribution in [0.4, 0.5) is 10.1 Å². The quantitative estimate of drug-likeness (QED) is 0.742. The smallest absolute Gasteiger partial charge is 0.128 e. The number of aromatic nitrogens is 2. The molecule has 0 amide bonds. The van der Waals surface area contributed by atoms with E-state index in [0.29, 0.717) is 23.6 Å². The number of hydrogen-bond donors (Lipinski definition) is 1. The molecule has 0 spiro atoms. The van der Waals surface area contributed by atoms with E-state index >= 15 is 0 Å². The van der Waals surface area contributed by atoms with Crippen LogP contribution in [0.15, 0.2) is 54.9 Å². The normalized spacial score (nSPS) is 10.8. The molecule has 0 bridgehead atoms. The monoisotopic (exact) mass is 315 g/mol. The third kappa shape index (κ3) is 3.12. The van der Waals surface area contributed by atoms with E-state index in [9.17, 15) is 4.39 Å². The SMILES string of the molecule is Nc1cccc(Cn2ccnc2Cc2c(F)cccc2Cl)c1. The average molecular weight is 316 g/mol. The van der Waals surface area contributed by atoms with Gasteiger partial charge in [0.1, 0.15) is 11.6 Å². The molecule has 1 heterocycles. The summed E-state index contributed by atoms with van der Waals surface area (Å²) in [7, 11) is 0. The van der Waals surface area contributed by atoms with E-state index in [1.807, 2.05) is 35.0 Å². The highest BCUT2D eigenvalue weighted by Gasteiger charge is 2.11. The molecule has 0 saturated heterocycles. The molecule has 3 aromatic rings. The van der Waals surface area contributed by atoms with Gasteiger partial charge < -0.3 is 10.3 Å². The van der Waals surface area contributed by atoms with Gasteiger partial charge in [0.05, 0.1) is 0 Å². The molecule has 112 valence electrons. The fraction of sp³-hybridized carbons (Fsp3) is 0.118. The van der Waals surface area contributed by atoms with Gasteiger partial charge in [0.2, 0.25) is 0 Å². The lowest BCUT2D eigenvalue weighted by atomic mass is 10.1. The van der Waals surface area contributed by atoms with Gasteiger partial charge in [-0.3, -0.25) is 0 Å². The maximum absolute atomic E-state index is 13.9. The van der Waals surface area contributed by atoms with E-state index in [-0.39, 0.29) is 5.82 Å². The van der Waals surface area contributed by atoms with Gasteiger partial charge >= 0.3 is 0 Å². The molecule has 0 radical (unpaired) electrons. The summed E-state index contributed by atoms with van der Waals surface area (Å²) >= 11 is 6.09. The van der Waals surface area contributed by atoms with Crippen LogP contribution in [-0.4, -0.2) is 9.55 Å². The minimum absolute atomic E-state index is 0.314. The van der Waals surface area contributed by atoms with E-state index in [1.54, 1.807) is 18.3 Å². The zero-order chi connectivity index (χ0) is 15.5. The van der Waals surface area contributed by atoms with Gasteiger partial charge in [-0.25, -0.2) is 9.37 Å². The van der Waals surface area contributed by atoms with Crippen LogP contribution in [0.3, 0.4) is 0 Å². The van der Waals surface area contributed by atoms with Crippen LogP contribution in [0, 0.1) is 5.82 Å². The van der Waals surface area contributed by atoms with E-state index < -0.39 is 0 Å². The van der Waals surface area contributed by atoms with Crippen molar-refractivity contribution >= 4 is 17.3 Å². The number of hydrogen-bond acceptors (Lipinski definition) is 2. The highest BCUT2D eigenvalue weighted by molar-refractivity contribution is 6.31. The molecule has 0 unspecified atom stereocenters. The maximum Gasteiger partial charge on any atom is 0.128 e. The van der Waals surface area contributed by atoms with Gasteiger partial charge in [0.15, 0.2) is 0 Å². The number of imidazole rings is 1. The second-order valence-corrected chi connectivity index (χ2v) is 5.50. The Morgan fingerprint density at radius 3 is 2.77 bits per heavy atom. The lowest BCUT2D eigenvalue weighted by Crippen LogP contribution is -2.06. The van der Waals surface area contributed by atoms with Crippen molar-refractivity contribution in [1.82, 2.24) is 9.55 Å². The third-order valence-electron chi connectivity index (χ3n) is 3.50. The molecule has 0 atom stereocenters. The van der Waals surface area contributed by atoms with Crippen LogP contribution in [0.1, 0.15) is 17.0 Å². The molecule has 0 saturated carbocycles. The molecule has 5 heteroatoms. The van der Waals surface area contributed by atoms with Gasteiger partial charge in [-0.1, -0.05) is 29.8 Å². The summed E-state index contributed by atoms with van der Waals surface area (Å²) in [6.07, 6.45) is 3.92. The van der Waals surface area contributed by atoms with Crippen LogP contribution in [0.25, 0.3) is 0 Å². The number of rotatable bonds is 4. The molecule has 0 aliphatic heterocycles. The summed E-state index contributed by atoms with van der Waals surface area (Å²) < 4.78 is 15.9. The van der Waals surface area contributed by atoms with Gasteiger partial charge in [0.25, 0.3) is 0 Å². The van der Waals surface area contributed by atoms with Gasteiger partial charge in [-0.05, 0) is 29.8 Å². The molecule has 22 heavy (non-hydrogen) atoms. The van der Waals surface area contributed by atoms with Crippen molar-refractivity contribution in [2.45, 2.75) is 13.0 Å². The highest BCUT2D eigenvalue weighted by Crippen LogP contribution is 2.22.